The van der Waals surface area contributed by atoms with Crippen molar-refractivity contribution in [3.8, 4) is 0 Å². The average molecular weight is 211 g/mol. The van der Waals surface area contributed by atoms with Crippen LogP contribution in [0.3, 0.4) is 0 Å². The van der Waals surface area contributed by atoms with E-state index in [9.17, 15) is 4.79 Å². The molecule has 1 rings (SSSR count). The Morgan fingerprint density at radius 2 is 2.13 bits per heavy atom. The minimum Gasteiger partial charge on any atom is -0.480 e. The van der Waals surface area contributed by atoms with E-state index in [4.69, 9.17) is 5.11 Å². The zero-order chi connectivity index (χ0) is 11.1. The van der Waals surface area contributed by atoms with Gasteiger partial charge in [0, 0.05) is 0 Å². The van der Waals surface area contributed by atoms with Crippen LogP contribution in [-0.2, 0) is 14.6 Å². The molecule has 1 aromatic carbocycles. The van der Waals surface area contributed by atoms with Crippen molar-refractivity contribution in [2.75, 3.05) is 13.8 Å². The van der Waals surface area contributed by atoms with Crippen LogP contribution in [0.25, 0.3) is 0 Å². The third-order valence-electron chi connectivity index (χ3n) is 1.84. The van der Waals surface area contributed by atoms with E-state index in [0.717, 1.165) is 0 Å². The number of carbonyl (C=O) groups is 1. The number of nitrogens with one attached hydrogen (secondary N) is 1. The van der Waals surface area contributed by atoms with Crippen molar-refractivity contribution in [1.82, 2.24) is 5.32 Å². The first kappa shape index (κ1) is 11.6. The molecule has 0 radical (unpaired) electrons. The molecule has 15 heavy (non-hydrogen) atoms. The van der Waals surface area contributed by atoms with Gasteiger partial charge in [0.2, 0.25) is 0 Å². The summed E-state index contributed by atoms with van der Waals surface area (Å²) in [5, 5.41) is 11.7. The summed E-state index contributed by atoms with van der Waals surface area (Å²) in [6.45, 7) is 0.0162. The zero-order valence-electron chi connectivity index (χ0n) is 8.34. The SMILES string of the molecule is COOCNC(C(=O)O)c1ccccc1. The lowest BCUT2D eigenvalue weighted by Crippen LogP contribution is -2.30. The average Bonchev–Trinajstić information content (AvgIpc) is 2.25. The summed E-state index contributed by atoms with van der Waals surface area (Å²) in [4.78, 5) is 19.8. The number of hydrogen-bond acceptors (Lipinski definition) is 4. The highest BCUT2D eigenvalue weighted by Crippen LogP contribution is 2.11. The van der Waals surface area contributed by atoms with Gasteiger partial charge in [-0.15, -0.1) is 0 Å². The van der Waals surface area contributed by atoms with E-state index in [2.05, 4.69) is 15.1 Å². The fraction of sp³-hybridized carbons (Fsp3) is 0.300. The lowest BCUT2D eigenvalue weighted by atomic mass is 10.1. The maximum absolute atomic E-state index is 10.9. The first-order valence-electron chi connectivity index (χ1n) is 4.42. The molecule has 1 aromatic rings. The standard InChI is InChI=1S/C10H13NO4/c1-14-15-7-11-9(10(12)13)8-5-3-2-4-6-8/h2-6,9,11H,7H2,1H3,(H,12,13). The molecular formula is C10H13NO4. The monoisotopic (exact) mass is 211 g/mol. The second kappa shape index (κ2) is 6.13. The van der Waals surface area contributed by atoms with Gasteiger partial charge in [0.1, 0.15) is 12.8 Å². The molecule has 82 valence electrons. The molecule has 0 aliphatic heterocycles. The van der Waals surface area contributed by atoms with Gasteiger partial charge in [-0.05, 0) is 5.56 Å². The zero-order valence-corrected chi connectivity index (χ0v) is 8.34. The van der Waals surface area contributed by atoms with Crippen molar-refractivity contribution in [2.45, 2.75) is 6.04 Å². The molecule has 0 spiro atoms. The van der Waals surface area contributed by atoms with Gasteiger partial charge < -0.3 is 5.11 Å². The topological polar surface area (TPSA) is 67.8 Å². The Morgan fingerprint density at radius 3 is 2.67 bits per heavy atom. The van der Waals surface area contributed by atoms with Gasteiger partial charge in [0.05, 0.1) is 7.11 Å². The van der Waals surface area contributed by atoms with Crippen LogP contribution in [0.15, 0.2) is 30.3 Å². The largest absolute Gasteiger partial charge is 0.480 e. The molecule has 0 heterocycles. The number of hydrogen-bond donors (Lipinski definition) is 2. The highest BCUT2D eigenvalue weighted by atomic mass is 17.2. The predicted molar refractivity (Wildman–Crippen MR) is 52.9 cm³/mol. The third kappa shape index (κ3) is 3.67. The molecule has 0 aliphatic carbocycles. The highest BCUT2D eigenvalue weighted by Gasteiger charge is 2.18. The number of carboxylic acid groups (broad SMARTS) is 1. The molecule has 0 aromatic heterocycles. The van der Waals surface area contributed by atoms with Gasteiger partial charge in [-0.25, -0.2) is 9.78 Å². The van der Waals surface area contributed by atoms with Crippen LogP contribution in [0.5, 0.6) is 0 Å². The van der Waals surface area contributed by atoms with Gasteiger partial charge >= 0.3 is 5.97 Å². The third-order valence-corrected chi connectivity index (χ3v) is 1.84. The summed E-state index contributed by atoms with van der Waals surface area (Å²) < 4.78 is 0. The Morgan fingerprint density at radius 1 is 1.47 bits per heavy atom. The Labute approximate surface area is 87.6 Å². The summed E-state index contributed by atoms with van der Waals surface area (Å²) >= 11 is 0. The highest BCUT2D eigenvalue weighted by molar-refractivity contribution is 5.75. The first-order chi connectivity index (χ1) is 7.25. The van der Waals surface area contributed by atoms with Crippen LogP contribution in [0.2, 0.25) is 0 Å². The molecule has 0 saturated carbocycles. The summed E-state index contributed by atoms with van der Waals surface area (Å²) in [5.74, 6) is -0.957. The molecule has 1 atom stereocenters. The lowest BCUT2D eigenvalue weighted by molar-refractivity contribution is -0.278. The van der Waals surface area contributed by atoms with Gasteiger partial charge in [0.25, 0.3) is 0 Å². The van der Waals surface area contributed by atoms with E-state index in [0.29, 0.717) is 5.56 Å². The van der Waals surface area contributed by atoms with Crippen molar-refractivity contribution in [3.63, 3.8) is 0 Å². The lowest BCUT2D eigenvalue weighted by Gasteiger charge is -2.13. The summed E-state index contributed by atoms with van der Waals surface area (Å²) in [7, 11) is 1.36. The maximum atomic E-state index is 10.9. The first-order valence-corrected chi connectivity index (χ1v) is 4.42. The van der Waals surface area contributed by atoms with E-state index >= 15 is 0 Å². The Bertz CT molecular complexity index is 302. The van der Waals surface area contributed by atoms with E-state index in [1.807, 2.05) is 6.07 Å². The number of benzene rings is 1. The van der Waals surface area contributed by atoms with Crippen LogP contribution in [-0.4, -0.2) is 24.9 Å². The molecule has 2 N–H and O–H groups in total. The van der Waals surface area contributed by atoms with E-state index < -0.39 is 12.0 Å². The van der Waals surface area contributed by atoms with Crippen molar-refractivity contribution < 1.29 is 19.7 Å². The van der Waals surface area contributed by atoms with Gasteiger partial charge in [-0.3, -0.25) is 10.1 Å². The minimum atomic E-state index is -0.957. The van der Waals surface area contributed by atoms with Crippen LogP contribution in [0.1, 0.15) is 11.6 Å². The molecule has 0 fully saturated rings. The van der Waals surface area contributed by atoms with Crippen LogP contribution in [0, 0.1) is 0 Å². The number of rotatable bonds is 6. The number of aliphatic carboxylic acids is 1. The van der Waals surface area contributed by atoms with Crippen molar-refractivity contribution in [3.05, 3.63) is 35.9 Å². The second-order valence-electron chi connectivity index (χ2n) is 2.81. The maximum Gasteiger partial charge on any atom is 0.325 e. The fourth-order valence-corrected chi connectivity index (χ4v) is 1.17. The molecule has 5 nitrogen and oxygen atoms in total. The second-order valence-corrected chi connectivity index (χ2v) is 2.81. The minimum absolute atomic E-state index is 0.0162. The molecule has 0 amide bonds. The van der Waals surface area contributed by atoms with E-state index in [1.54, 1.807) is 24.3 Å². The summed E-state index contributed by atoms with van der Waals surface area (Å²) in [6, 6.07) is 8.07. The number of carboxylic acids is 1. The molecule has 0 saturated heterocycles. The Hall–Kier alpha value is -1.43. The quantitative estimate of drug-likeness (QED) is 0.317. The van der Waals surface area contributed by atoms with Crippen LogP contribution < -0.4 is 5.32 Å². The normalized spacial score (nSPS) is 12.3. The van der Waals surface area contributed by atoms with Crippen LogP contribution >= 0.6 is 0 Å². The van der Waals surface area contributed by atoms with Crippen molar-refractivity contribution in [2.24, 2.45) is 0 Å². The summed E-state index contributed by atoms with van der Waals surface area (Å²) in [6.07, 6.45) is 0. The van der Waals surface area contributed by atoms with Crippen molar-refractivity contribution in [1.29, 1.82) is 0 Å². The molecule has 0 aliphatic rings. The van der Waals surface area contributed by atoms with E-state index in [1.165, 1.54) is 7.11 Å². The molecule has 1 unspecified atom stereocenters. The molecule has 0 bridgehead atoms. The van der Waals surface area contributed by atoms with Crippen molar-refractivity contribution >= 4 is 5.97 Å². The fourth-order valence-electron chi connectivity index (χ4n) is 1.17. The van der Waals surface area contributed by atoms with Gasteiger partial charge in [0.15, 0.2) is 0 Å². The van der Waals surface area contributed by atoms with Crippen LogP contribution in [0.4, 0.5) is 0 Å². The Kier molecular flexibility index (Phi) is 4.76. The van der Waals surface area contributed by atoms with Gasteiger partial charge in [-0.2, -0.15) is 0 Å². The summed E-state index contributed by atoms with van der Waals surface area (Å²) in [5.41, 5.74) is 0.671. The van der Waals surface area contributed by atoms with Gasteiger partial charge in [-0.1, -0.05) is 30.3 Å². The predicted octanol–water partition coefficient (Wildman–Crippen LogP) is 0.937. The molecule has 5 heteroatoms. The van der Waals surface area contributed by atoms with E-state index in [-0.39, 0.29) is 6.73 Å². The molecular weight excluding hydrogens is 198 g/mol. The Balaban J connectivity index is 2.62. The smallest absolute Gasteiger partial charge is 0.325 e.